The van der Waals surface area contributed by atoms with E-state index in [4.69, 9.17) is 0 Å². The van der Waals surface area contributed by atoms with Gasteiger partial charge in [0.1, 0.15) is 0 Å². The van der Waals surface area contributed by atoms with E-state index in [-0.39, 0.29) is 0 Å². The summed E-state index contributed by atoms with van der Waals surface area (Å²) >= 11 is 0. The van der Waals surface area contributed by atoms with Gasteiger partial charge in [0, 0.05) is 5.54 Å². The van der Waals surface area contributed by atoms with E-state index in [2.05, 4.69) is 35.0 Å². The maximum Gasteiger partial charge on any atom is 0.0213 e. The molecule has 0 bridgehead atoms. The monoisotopic (exact) mass is 145 g/mol. The summed E-state index contributed by atoms with van der Waals surface area (Å²) in [6.07, 6.45) is 1.33. The minimum atomic E-state index is 0.407. The van der Waals surface area contributed by atoms with Crippen LogP contribution in [-0.4, -0.2) is 29.7 Å². The molecule has 0 aliphatic carbocycles. The molecule has 2 atom stereocenters. The molecule has 2 unspecified atom stereocenters. The van der Waals surface area contributed by atoms with Crippen LogP contribution in [0, 0.1) is 0 Å². The summed E-state index contributed by atoms with van der Waals surface area (Å²) in [5, 5.41) is 0. The van der Waals surface area contributed by atoms with E-state index in [0.29, 0.717) is 5.54 Å². The number of hydrogen-bond donors (Lipinski definition) is 0. The van der Waals surface area contributed by atoms with E-state index in [1.54, 1.807) is 0 Å². The van der Waals surface area contributed by atoms with Gasteiger partial charge < -0.3 is 4.90 Å². The predicted molar refractivity (Wildman–Crippen MR) is 44.8 cm³/mol. The maximum atomic E-state index is 2.92. The molecule has 1 aliphatic heterocycles. The van der Waals surface area contributed by atoms with Gasteiger partial charge in [-0.25, -0.2) is 0 Å². The van der Waals surface area contributed by atoms with Crippen molar-refractivity contribution in [2.45, 2.75) is 31.5 Å². The second kappa shape index (κ2) is 2.21. The lowest BCUT2D eigenvalue weighted by atomic mass is 10.0. The van der Waals surface area contributed by atoms with E-state index in [9.17, 15) is 0 Å². The fraction of sp³-hybridized carbons (Fsp3) is 1.00. The average Bonchev–Trinajstić information content (AvgIpc) is 1.96. The fourth-order valence-corrected chi connectivity index (χ4v) is 1.66. The van der Waals surface area contributed by atoms with Gasteiger partial charge in [-0.3, -0.25) is 0 Å². The molecule has 1 fully saturated rings. The maximum absolute atomic E-state index is 2.92. The first-order valence-corrected chi connectivity index (χ1v) is 4.18. The highest BCUT2D eigenvalue weighted by Crippen LogP contribution is 2.32. The summed E-state index contributed by atoms with van der Waals surface area (Å²) in [5.41, 5.74) is 1.19. The number of likely N-dealkylation sites (tertiary alicyclic amines) is 1. The first-order chi connectivity index (χ1) is 4.05. The van der Waals surface area contributed by atoms with Crippen LogP contribution in [0.5, 0.6) is 0 Å². The van der Waals surface area contributed by atoms with Crippen LogP contribution >= 0.6 is 9.24 Å². The molecule has 0 aromatic rings. The zero-order valence-corrected chi connectivity index (χ0v) is 7.67. The van der Waals surface area contributed by atoms with Crippen LogP contribution in [0.3, 0.4) is 0 Å². The van der Waals surface area contributed by atoms with Crippen molar-refractivity contribution < 1.29 is 0 Å². The molecule has 2 heteroatoms. The largest absolute Gasteiger partial charge is 0.301 e. The van der Waals surface area contributed by atoms with Gasteiger partial charge in [-0.15, -0.1) is 9.24 Å². The lowest BCUT2D eigenvalue weighted by Gasteiger charge is -2.31. The third-order valence-electron chi connectivity index (χ3n) is 2.67. The van der Waals surface area contributed by atoms with Gasteiger partial charge in [-0.2, -0.15) is 0 Å². The van der Waals surface area contributed by atoms with Gasteiger partial charge >= 0.3 is 0 Å². The van der Waals surface area contributed by atoms with E-state index in [1.807, 2.05) is 0 Å². The van der Waals surface area contributed by atoms with Crippen molar-refractivity contribution in [3.63, 3.8) is 0 Å². The van der Waals surface area contributed by atoms with Crippen LogP contribution in [0.2, 0.25) is 0 Å². The molecular weight excluding hydrogens is 129 g/mol. The normalized spacial score (nSPS) is 35.3. The topological polar surface area (TPSA) is 3.24 Å². The molecule has 0 saturated carbocycles. The lowest BCUT2D eigenvalue weighted by Crippen LogP contribution is -2.39. The van der Waals surface area contributed by atoms with Crippen molar-refractivity contribution >= 4 is 9.24 Å². The van der Waals surface area contributed by atoms with E-state index in [0.717, 1.165) is 5.66 Å². The van der Waals surface area contributed by atoms with Crippen molar-refractivity contribution in [3.8, 4) is 0 Å². The Balaban J connectivity index is 2.66. The SMILES string of the molecule is CN1CCC(P)C1(C)C. The molecular formula is C7H16NP. The molecule has 0 aromatic carbocycles. The molecule has 0 spiro atoms. The highest BCUT2D eigenvalue weighted by molar-refractivity contribution is 7.17. The van der Waals surface area contributed by atoms with Crippen LogP contribution in [0.4, 0.5) is 0 Å². The molecule has 0 aromatic heterocycles. The van der Waals surface area contributed by atoms with Gasteiger partial charge in [0.05, 0.1) is 0 Å². The molecule has 54 valence electrons. The smallest absolute Gasteiger partial charge is 0.0213 e. The van der Waals surface area contributed by atoms with Crippen molar-refractivity contribution in [2.24, 2.45) is 0 Å². The Morgan fingerprint density at radius 2 is 2.11 bits per heavy atom. The van der Waals surface area contributed by atoms with Gasteiger partial charge in [0.15, 0.2) is 0 Å². The molecule has 0 radical (unpaired) electrons. The van der Waals surface area contributed by atoms with Gasteiger partial charge in [-0.1, -0.05) is 0 Å². The Labute approximate surface area is 60.0 Å². The number of nitrogens with zero attached hydrogens (tertiary/aromatic N) is 1. The van der Waals surface area contributed by atoms with Crippen molar-refractivity contribution in [1.29, 1.82) is 0 Å². The fourth-order valence-electron chi connectivity index (χ4n) is 1.26. The van der Waals surface area contributed by atoms with E-state index < -0.39 is 0 Å². The third kappa shape index (κ3) is 1.13. The predicted octanol–water partition coefficient (Wildman–Crippen LogP) is 1.34. The summed E-state index contributed by atoms with van der Waals surface area (Å²) < 4.78 is 0. The minimum absolute atomic E-state index is 0.407. The Bertz CT molecular complexity index is 99.5. The summed E-state index contributed by atoms with van der Waals surface area (Å²) in [6.45, 7) is 5.86. The van der Waals surface area contributed by atoms with E-state index >= 15 is 0 Å². The molecule has 1 aliphatic rings. The first-order valence-electron chi connectivity index (χ1n) is 3.52. The highest BCUT2D eigenvalue weighted by atomic mass is 31.0. The lowest BCUT2D eigenvalue weighted by molar-refractivity contribution is 0.222. The Kier molecular flexibility index (Phi) is 1.84. The van der Waals surface area contributed by atoms with Crippen LogP contribution in [0.15, 0.2) is 0 Å². The minimum Gasteiger partial charge on any atom is -0.301 e. The first kappa shape index (κ1) is 7.50. The summed E-state index contributed by atoms with van der Waals surface area (Å²) in [4.78, 5) is 2.42. The molecule has 9 heavy (non-hydrogen) atoms. The number of rotatable bonds is 0. The summed E-state index contributed by atoms with van der Waals surface area (Å²) in [6, 6.07) is 0. The third-order valence-corrected chi connectivity index (χ3v) is 3.82. The summed E-state index contributed by atoms with van der Waals surface area (Å²) in [7, 11) is 5.12. The second-order valence-electron chi connectivity index (χ2n) is 3.47. The quantitative estimate of drug-likeness (QED) is 0.465. The van der Waals surface area contributed by atoms with Crippen molar-refractivity contribution in [2.75, 3.05) is 13.6 Å². The molecule has 0 amide bonds. The Morgan fingerprint density at radius 3 is 2.22 bits per heavy atom. The average molecular weight is 145 g/mol. The standard InChI is InChI=1S/C7H16NP/c1-7(2)6(9)4-5-8(7)3/h6H,4-5,9H2,1-3H3. The second-order valence-corrected chi connectivity index (χ2v) is 4.28. The number of hydrogen-bond acceptors (Lipinski definition) is 1. The Hall–Kier alpha value is 0.390. The van der Waals surface area contributed by atoms with Crippen molar-refractivity contribution in [3.05, 3.63) is 0 Å². The summed E-state index contributed by atoms with van der Waals surface area (Å²) in [5.74, 6) is 0. The Morgan fingerprint density at radius 1 is 1.56 bits per heavy atom. The highest BCUT2D eigenvalue weighted by Gasteiger charge is 2.35. The van der Waals surface area contributed by atoms with Crippen molar-refractivity contribution in [1.82, 2.24) is 4.90 Å². The van der Waals surface area contributed by atoms with E-state index in [1.165, 1.54) is 13.0 Å². The molecule has 1 saturated heterocycles. The van der Waals surface area contributed by atoms with Crippen LogP contribution in [0.25, 0.3) is 0 Å². The molecule has 1 heterocycles. The molecule has 0 N–H and O–H groups in total. The van der Waals surface area contributed by atoms with Gasteiger partial charge in [-0.05, 0) is 39.5 Å². The zero-order valence-electron chi connectivity index (χ0n) is 6.52. The van der Waals surface area contributed by atoms with Crippen LogP contribution < -0.4 is 0 Å². The zero-order chi connectivity index (χ0) is 7.07. The molecule has 1 rings (SSSR count). The van der Waals surface area contributed by atoms with Gasteiger partial charge in [0.25, 0.3) is 0 Å². The van der Waals surface area contributed by atoms with Crippen LogP contribution in [-0.2, 0) is 0 Å². The van der Waals surface area contributed by atoms with Gasteiger partial charge in [0.2, 0.25) is 0 Å². The van der Waals surface area contributed by atoms with Crippen LogP contribution in [0.1, 0.15) is 20.3 Å². The molecule has 1 nitrogen and oxygen atoms in total.